The van der Waals surface area contributed by atoms with Crippen LogP contribution in [-0.2, 0) is 0 Å². The van der Waals surface area contributed by atoms with Crippen molar-refractivity contribution in [3.63, 3.8) is 0 Å². The molecule has 0 nitrogen and oxygen atoms in total. The quantitative estimate of drug-likeness (QED) is 0.735. The standard InChI is InChI=1S/C20H16/c1-2-8-15(9-3-1)20-18-12-6-4-10-16(18)14-17-11-5-7-13-19(17)20/h1-14,16,18H. The molecule has 0 fully saturated rings. The van der Waals surface area contributed by atoms with Crippen LogP contribution >= 0.6 is 0 Å². The molecule has 2 aliphatic rings. The van der Waals surface area contributed by atoms with E-state index in [4.69, 9.17) is 0 Å². The second-order valence-corrected chi connectivity index (χ2v) is 5.41. The van der Waals surface area contributed by atoms with Gasteiger partial charge in [-0.3, -0.25) is 0 Å². The minimum absolute atomic E-state index is 0.456. The lowest BCUT2D eigenvalue weighted by atomic mass is 9.76. The zero-order valence-corrected chi connectivity index (χ0v) is 11.2. The normalized spacial score (nSPS) is 22.9. The molecule has 0 amide bonds. The molecule has 96 valence electrons. The molecule has 0 bridgehead atoms. The van der Waals surface area contributed by atoms with E-state index in [0.717, 1.165) is 0 Å². The number of hydrogen-bond donors (Lipinski definition) is 0. The minimum Gasteiger partial charge on any atom is -0.0767 e. The van der Waals surface area contributed by atoms with Crippen LogP contribution in [0.15, 0.2) is 78.9 Å². The molecular formula is C20H16. The van der Waals surface area contributed by atoms with E-state index in [-0.39, 0.29) is 0 Å². The van der Waals surface area contributed by atoms with E-state index >= 15 is 0 Å². The Morgan fingerprint density at radius 3 is 2.35 bits per heavy atom. The van der Waals surface area contributed by atoms with Gasteiger partial charge in [-0.15, -0.1) is 0 Å². The Morgan fingerprint density at radius 2 is 1.45 bits per heavy atom. The molecule has 0 saturated heterocycles. The molecule has 2 aromatic carbocycles. The molecule has 2 aliphatic carbocycles. The Kier molecular flexibility index (Phi) is 2.67. The molecule has 0 saturated carbocycles. The first-order chi connectivity index (χ1) is 9.93. The second-order valence-electron chi connectivity index (χ2n) is 5.41. The first kappa shape index (κ1) is 11.5. The maximum atomic E-state index is 2.40. The fourth-order valence-corrected chi connectivity index (χ4v) is 3.31. The van der Waals surface area contributed by atoms with Crippen molar-refractivity contribution in [3.8, 4) is 0 Å². The van der Waals surface area contributed by atoms with Gasteiger partial charge in [0.15, 0.2) is 0 Å². The van der Waals surface area contributed by atoms with Crippen LogP contribution in [0.2, 0.25) is 0 Å². The van der Waals surface area contributed by atoms with Crippen LogP contribution in [0.1, 0.15) is 5.56 Å². The van der Waals surface area contributed by atoms with E-state index in [1.54, 1.807) is 0 Å². The van der Waals surface area contributed by atoms with E-state index in [1.807, 2.05) is 0 Å². The summed E-state index contributed by atoms with van der Waals surface area (Å²) in [6.07, 6.45) is 11.4. The third-order valence-electron chi connectivity index (χ3n) is 4.22. The molecule has 2 unspecified atom stereocenters. The van der Waals surface area contributed by atoms with Crippen LogP contribution < -0.4 is 10.4 Å². The van der Waals surface area contributed by atoms with Gasteiger partial charge in [-0.1, -0.05) is 85.0 Å². The summed E-state index contributed by atoms with van der Waals surface area (Å²) in [5.41, 5.74) is 2.79. The van der Waals surface area contributed by atoms with Gasteiger partial charge in [-0.25, -0.2) is 0 Å². The van der Waals surface area contributed by atoms with E-state index < -0.39 is 0 Å². The Morgan fingerprint density at radius 1 is 0.700 bits per heavy atom. The van der Waals surface area contributed by atoms with Gasteiger partial charge in [-0.2, -0.15) is 0 Å². The summed E-state index contributed by atoms with van der Waals surface area (Å²) in [7, 11) is 0. The Balaban J connectivity index is 2.08. The van der Waals surface area contributed by atoms with Crippen LogP contribution in [0, 0.1) is 11.8 Å². The van der Waals surface area contributed by atoms with Gasteiger partial charge >= 0.3 is 0 Å². The van der Waals surface area contributed by atoms with Gasteiger partial charge in [0.25, 0.3) is 0 Å². The molecule has 0 aromatic heterocycles. The highest BCUT2D eigenvalue weighted by molar-refractivity contribution is 5.73. The summed E-state index contributed by atoms with van der Waals surface area (Å²) < 4.78 is 0. The van der Waals surface area contributed by atoms with E-state index in [2.05, 4.69) is 85.0 Å². The lowest BCUT2D eigenvalue weighted by molar-refractivity contribution is 0.704. The van der Waals surface area contributed by atoms with Crippen molar-refractivity contribution in [3.05, 3.63) is 94.9 Å². The third-order valence-corrected chi connectivity index (χ3v) is 4.22. The molecule has 0 N–H and O–H groups in total. The van der Waals surface area contributed by atoms with Crippen molar-refractivity contribution in [2.45, 2.75) is 0 Å². The van der Waals surface area contributed by atoms with Crippen molar-refractivity contribution in [2.24, 2.45) is 11.8 Å². The lowest BCUT2D eigenvalue weighted by Gasteiger charge is -2.28. The maximum absolute atomic E-state index is 2.40. The van der Waals surface area contributed by atoms with Gasteiger partial charge in [0.05, 0.1) is 0 Å². The summed E-state index contributed by atoms with van der Waals surface area (Å²) in [5.74, 6) is 0.933. The predicted molar refractivity (Wildman–Crippen MR) is 84.4 cm³/mol. The van der Waals surface area contributed by atoms with E-state index in [9.17, 15) is 0 Å². The lowest BCUT2D eigenvalue weighted by Crippen LogP contribution is -2.36. The predicted octanol–water partition coefficient (Wildman–Crippen LogP) is 3.04. The molecule has 0 heterocycles. The van der Waals surface area contributed by atoms with Crippen molar-refractivity contribution in [2.75, 3.05) is 0 Å². The largest absolute Gasteiger partial charge is 0.0767 e. The van der Waals surface area contributed by atoms with Crippen LogP contribution in [0.5, 0.6) is 0 Å². The zero-order chi connectivity index (χ0) is 13.4. The van der Waals surface area contributed by atoms with Crippen LogP contribution in [0.4, 0.5) is 0 Å². The van der Waals surface area contributed by atoms with Gasteiger partial charge in [0, 0.05) is 11.8 Å². The van der Waals surface area contributed by atoms with Gasteiger partial charge in [0.2, 0.25) is 0 Å². The summed E-state index contributed by atoms with van der Waals surface area (Å²) >= 11 is 0. The number of rotatable bonds is 1. The molecule has 0 heteroatoms. The fourth-order valence-electron chi connectivity index (χ4n) is 3.31. The van der Waals surface area contributed by atoms with Gasteiger partial charge in [0.1, 0.15) is 0 Å². The van der Waals surface area contributed by atoms with Crippen LogP contribution in [0.3, 0.4) is 0 Å². The average Bonchev–Trinajstić information content (AvgIpc) is 2.53. The number of fused-ring (bicyclic) bond motifs is 2. The first-order valence-corrected chi connectivity index (χ1v) is 7.15. The molecule has 0 radical (unpaired) electrons. The fraction of sp³-hybridized carbons (Fsp3) is 0.100. The van der Waals surface area contributed by atoms with Crippen LogP contribution in [-0.4, -0.2) is 0 Å². The second kappa shape index (κ2) is 4.64. The van der Waals surface area contributed by atoms with Crippen molar-refractivity contribution < 1.29 is 0 Å². The SMILES string of the molecule is C1=CC2C=c3ccccc3=C(c3ccccc3)C2C=C1. The van der Waals surface area contributed by atoms with E-state index in [0.29, 0.717) is 11.8 Å². The molecule has 2 aromatic rings. The molecule has 2 atom stereocenters. The third kappa shape index (κ3) is 1.77. The highest BCUT2D eigenvalue weighted by Crippen LogP contribution is 2.33. The molecule has 0 spiro atoms. The highest BCUT2D eigenvalue weighted by Gasteiger charge is 2.25. The van der Waals surface area contributed by atoms with Gasteiger partial charge in [-0.05, 0) is 21.6 Å². The molecule has 4 rings (SSSR count). The smallest absolute Gasteiger partial charge is 0.0131 e. The summed E-state index contributed by atoms with van der Waals surface area (Å²) in [6.45, 7) is 0. The molecular weight excluding hydrogens is 240 g/mol. The maximum Gasteiger partial charge on any atom is 0.0131 e. The minimum atomic E-state index is 0.456. The van der Waals surface area contributed by atoms with Crippen molar-refractivity contribution in [1.29, 1.82) is 0 Å². The summed E-state index contributed by atoms with van der Waals surface area (Å²) in [6, 6.07) is 19.5. The number of allylic oxidation sites excluding steroid dienone is 4. The highest BCUT2D eigenvalue weighted by atomic mass is 14.3. The summed E-state index contributed by atoms with van der Waals surface area (Å²) in [4.78, 5) is 0. The monoisotopic (exact) mass is 256 g/mol. The Bertz CT molecular complexity index is 807. The van der Waals surface area contributed by atoms with Crippen LogP contribution in [0.25, 0.3) is 11.6 Å². The molecule has 0 aliphatic heterocycles. The first-order valence-electron chi connectivity index (χ1n) is 7.15. The zero-order valence-electron chi connectivity index (χ0n) is 11.2. The number of hydrogen-bond acceptors (Lipinski definition) is 0. The van der Waals surface area contributed by atoms with Crippen molar-refractivity contribution >= 4 is 11.6 Å². The number of benzene rings is 2. The topological polar surface area (TPSA) is 0 Å². The Labute approximate surface area is 119 Å². The average molecular weight is 256 g/mol. The Hall–Kier alpha value is -2.34. The summed E-state index contributed by atoms with van der Waals surface area (Å²) in [5, 5.41) is 2.73. The van der Waals surface area contributed by atoms with Crippen molar-refractivity contribution in [1.82, 2.24) is 0 Å². The van der Waals surface area contributed by atoms with Gasteiger partial charge < -0.3 is 0 Å². The van der Waals surface area contributed by atoms with E-state index in [1.165, 1.54) is 21.6 Å². The molecule has 20 heavy (non-hydrogen) atoms.